The largest absolute Gasteiger partial charge is 0.382 e. The Labute approximate surface area is 102 Å². The molecule has 2 N–H and O–H groups in total. The Morgan fingerprint density at radius 2 is 1.47 bits per heavy atom. The van der Waals surface area contributed by atoms with Gasteiger partial charge in [0.25, 0.3) is 0 Å². The second-order valence-electron chi connectivity index (χ2n) is 4.04. The van der Waals surface area contributed by atoms with E-state index < -0.39 is 0 Å². The Morgan fingerprint density at radius 3 is 1.94 bits per heavy atom. The van der Waals surface area contributed by atoms with E-state index in [9.17, 15) is 0 Å². The monoisotopic (exact) mass is 233 g/mol. The molecule has 5 nitrogen and oxygen atoms in total. The Kier molecular flexibility index (Phi) is 4.51. The van der Waals surface area contributed by atoms with Gasteiger partial charge in [0.1, 0.15) is 0 Å². The van der Waals surface area contributed by atoms with E-state index in [1.807, 2.05) is 68.3 Å². The predicted octanol–water partition coefficient (Wildman–Crippen LogP) is 0.786. The molecule has 0 aliphatic rings. The van der Waals surface area contributed by atoms with Gasteiger partial charge in [0, 0.05) is 33.8 Å². The van der Waals surface area contributed by atoms with Crippen molar-refractivity contribution in [3.63, 3.8) is 0 Å². The highest BCUT2D eigenvalue weighted by molar-refractivity contribution is 5.97. The number of nitrogens with two attached hydrogens (primary N) is 1. The molecule has 0 spiro atoms. The summed E-state index contributed by atoms with van der Waals surface area (Å²) in [5.74, 6) is 1.15. The fourth-order valence-electron chi connectivity index (χ4n) is 1.34. The summed E-state index contributed by atoms with van der Waals surface area (Å²) in [5, 5.41) is 8.17. The number of rotatable bonds is 2. The average molecular weight is 233 g/mol. The van der Waals surface area contributed by atoms with E-state index >= 15 is 0 Å². The molecule has 0 saturated heterocycles. The molecule has 0 fully saturated rings. The summed E-state index contributed by atoms with van der Waals surface area (Å²) in [6, 6.07) is 9.57. The van der Waals surface area contributed by atoms with E-state index in [0.717, 1.165) is 11.5 Å². The Balaban J connectivity index is 2.92. The normalized spacial score (nSPS) is 10.9. The summed E-state index contributed by atoms with van der Waals surface area (Å²) >= 11 is 0. The molecule has 0 atom stereocenters. The van der Waals surface area contributed by atoms with Crippen LogP contribution in [0.25, 0.3) is 0 Å². The maximum Gasteiger partial charge on any atom is 0.220 e. The second-order valence-corrected chi connectivity index (χ2v) is 4.04. The Morgan fingerprint density at radius 1 is 0.941 bits per heavy atom. The average Bonchev–Trinajstić information content (AvgIpc) is 2.29. The standard InChI is InChI=1S/C12H19N5/c1-16(2)12(17(3)4)15-14-11(13)10-8-6-5-7-9-10/h5-9H,1-4H3,(H2,13,14). The van der Waals surface area contributed by atoms with E-state index in [1.165, 1.54) is 0 Å². The van der Waals surface area contributed by atoms with Crippen LogP contribution < -0.4 is 5.73 Å². The predicted molar refractivity (Wildman–Crippen MR) is 72.0 cm³/mol. The smallest absolute Gasteiger partial charge is 0.220 e. The highest BCUT2D eigenvalue weighted by atomic mass is 15.4. The lowest BCUT2D eigenvalue weighted by atomic mass is 10.2. The fourth-order valence-corrected chi connectivity index (χ4v) is 1.34. The minimum Gasteiger partial charge on any atom is -0.382 e. The zero-order valence-corrected chi connectivity index (χ0v) is 10.8. The fraction of sp³-hybridized carbons (Fsp3) is 0.333. The highest BCUT2D eigenvalue weighted by Crippen LogP contribution is 1.98. The Bertz CT molecular complexity index is 396. The van der Waals surface area contributed by atoms with Gasteiger partial charge in [-0.15, -0.1) is 10.2 Å². The van der Waals surface area contributed by atoms with Gasteiger partial charge in [-0.25, -0.2) is 0 Å². The number of guanidine groups is 1. The molecule has 5 heteroatoms. The van der Waals surface area contributed by atoms with Gasteiger partial charge in [-0.1, -0.05) is 30.3 Å². The van der Waals surface area contributed by atoms with Crippen LogP contribution in [0.3, 0.4) is 0 Å². The van der Waals surface area contributed by atoms with Crippen LogP contribution in [0.1, 0.15) is 5.56 Å². The van der Waals surface area contributed by atoms with Crippen LogP contribution in [0.2, 0.25) is 0 Å². The first-order chi connectivity index (χ1) is 8.02. The van der Waals surface area contributed by atoms with Crippen LogP contribution in [-0.4, -0.2) is 49.8 Å². The molecule has 0 bridgehead atoms. The molecular formula is C12H19N5. The zero-order chi connectivity index (χ0) is 12.8. The molecule has 92 valence electrons. The maximum atomic E-state index is 5.85. The quantitative estimate of drug-likeness (QED) is 0.467. The van der Waals surface area contributed by atoms with Crippen LogP contribution in [0.4, 0.5) is 0 Å². The topological polar surface area (TPSA) is 57.2 Å². The molecule has 1 aromatic rings. The first kappa shape index (κ1) is 13.0. The molecule has 1 aromatic carbocycles. The van der Waals surface area contributed by atoms with Crippen LogP contribution in [0.15, 0.2) is 40.5 Å². The van der Waals surface area contributed by atoms with Crippen molar-refractivity contribution < 1.29 is 0 Å². The van der Waals surface area contributed by atoms with Gasteiger partial charge in [-0.3, -0.25) is 0 Å². The SMILES string of the molecule is CN(C)C(=N/N=C(\N)c1ccccc1)N(C)C. The third-order valence-electron chi connectivity index (χ3n) is 2.12. The third kappa shape index (κ3) is 3.79. The summed E-state index contributed by atoms with van der Waals surface area (Å²) in [7, 11) is 7.64. The number of amidine groups is 1. The molecule has 0 amide bonds. The van der Waals surface area contributed by atoms with E-state index in [-0.39, 0.29) is 0 Å². The zero-order valence-electron chi connectivity index (χ0n) is 10.8. The minimum absolute atomic E-state index is 0.409. The van der Waals surface area contributed by atoms with Crippen molar-refractivity contribution in [3.8, 4) is 0 Å². The molecular weight excluding hydrogens is 214 g/mol. The molecule has 0 radical (unpaired) electrons. The summed E-state index contributed by atoms with van der Waals surface area (Å²) in [5.41, 5.74) is 6.72. The van der Waals surface area contributed by atoms with Crippen LogP contribution in [-0.2, 0) is 0 Å². The molecule has 0 unspecified atom stereocenters. The van der Waals surface area contributed by atoms with Crippen molar-refractivity contribution in [1.82, 2.24) is 9.80 Å². The molecule has 1 rings (SSSR count). The first-order valence-corrected chi connectivity index (χ1v) is 5.33. The molecule has 0 aliphatic heterocycles. The van der Waals surface area contributed by atoms with Crippen LogP contribution >= 0.6 is 0 Å². The van der Waals surface area contributed by atoms with Crippen molar-refractivity contribution >= 4 is 11.8 Å². The van der Waals surface area contributed by atoms with Crippen molar-refractivity contribution in [2.24, 2.45) is 15.9 Å². The van der Waals surface area contributed by atoms with E-state index in [2.05, 4.69) is 10.2 Å². The van der Waals surface area contributed by atoms with E-state index in [1.54, 1.807) is 0 Å². The van der Waals surface area contributed by atoms with Crippen molar-refractivity contribution in [2.45, 2.75) is 0 Å². The highest BCUT2D eigenvalue weighted by Gasteiger charge is 2.04. The van der Waals surface area contributed by atoms with E-state index in [0.29, 0.717) is 5.84 Å². The van der Waals surface area contributed by atoms with Crippen molar-refractivity contribution in [1.29, 1.82) is 0 Å². The number of nitrogens with zero attached hydrogens (tertiary/aromatic N) is 4. The van der Waals surface area contributed by atoms with Gasteiger partial charge in [0.15, 0.2) is 5.84 Å². The first-order valence-electron chi connectivity index (χ1n) is 5.33. The van der Waals surface area contributed by atoms with Crippen LogP contribution in [0, 0.1) is 0 Å². The lowest BCUT2D eigenvalue weighted by Crippen LogP contribution is -2.35. The van der Waals surface area contributed by atoms with Gasteiger partial charge in [-0.05, 0) is 0 Å². The third-order valence-corrected chi connectivity index (χ3v) is 2.12. The minimum atomic E-state index is 0.409. The molecule has 0 saturated carbocycles. The maximum absolute atomic E-state index is 5.85. The number of benzene rings is 1. The van der Waals surface area contributed by atoms with Gasteiger partial charge in [0.2, 0.25) is 5.96 Å². The summed E-state index contributed by atoms with van der Waals surface area (Å²) < 4.78 is 0. The number of hydrogen-bond acceptors (Lipinski definition) is 2. The molecule has 0 heterocycles. The Hall–Kier alpha value is -2.04. The lowest BCUT2D eigenvalue weighted by Gasteiger charge is -2.21. The molecule has 17 heavy (non-hydrogen) atoms. The molecule has 0 aromatic heterocycles. The molecule has 0 aliphatic carbocycles. The van der Waals surface area contributed by atoms with Crippen molar-refractivity contribution in [3.05, 3.63) is 35.9 Å². The summed E-state index contributed by atoms with van der Waals surface area (Å²) in [6.07, 6.45) is 0. The van der Waals surface area contributed by atoms with Gasteiger partial charge < -0.3 is 15.5 Å². The number of hydrogen-bond donors (Lipinski definition) is 1. The van der Waals surface area contributed by atoms with Gasteiger partial charge in [-0.2, -0.15) is 0 Å². The van der Waals surface area contributed by atoms with Gasteiger partial charge >= 0.3 is 0 Å². The summed E-state index contributed by atoms with van der Waals surface area (Å²) in [6.45, 7) is 0. The van der Waals surface area contributed by atoms with Crippen molar-refractivity contribution in [2.75, 3.05) is 28.2 Å². The lowest BCUT2D eigenvalue weighted by molar-refractivity contribution is 0.480. The second kappa shape index (κ2) is 5.89. The summed E-state index contributed by atoms with van der Waals surface area (Å²) in [4.78, 5) is 3.75. The van der Waals surface area contributed by atoms with Gasteiger partial charge in [0.05, 0.1) is 0 Å². The van der Waals surface area contributed by atoms with E-state index in [4.69, 9.17) is 5.73 Å². The van der Waals surface area contributed by atoms with Crippen LogP contribution in [0.5, 0.6) is 0 Å².